The van der Waals surface area contributed by atoms with E-state index >= 15 is 0 Å². The lowest BCUT2D eigenvalue weighted by Gasteiger charge is -2.04. The molecule has 0 unspecified atom stereocenters. The molecule has 110 valence electrons. The van der Waals surface area contributed by atoms with Crippen molar-refractivity contribution in [1.29, 1.82) is 0 Å². The molecule has 2 aromatic carbocycles. The first-order valence-corrected chi connectivity index (χ1v) is 6.85. The van der Waals surface area contributed by atoms with E-state index in [9.17, 15) is 9.59 Å². The molecule has 1 amide bonds. The van der Waals surface area contributed by atoms with Crippen molar-refractivity contribution in [2.75, 3.05) is 0 Å². The van der Waals surface area contributed by atoms with Crippen LogP contribution in [0.25, 0.3) is 22.0 Å². The van der Waals surface area contributed by atoms with Crippen molar-refractivity contribution >= 4 is 22.6 Å². The van der Waals surface area contributed by atoms with Crippen LogP contribution in [0, 0.1) is 6.92 Å². The van der Waals surface area contributed by atoms with Gasteiger partial charge in [-0.15, -0.1) is 0 Å². The van der Waals surface area contributed by atoms with Crippen LogP contribution in [0.4, 0.5) is 0 Å². The number of rotatable bonds is 3. The van der Waals surface area contributed by atoms with E-state index in [1.54, 1.807) is 24.3 Å². The molecule has 0 aliphatic carbocycles. The van der Waals surface area contributed by atoms with Crippen LogP contribution < -0.4 is 5.73 Å². The zero-order valence-corrected chi connectivity index (χ0v) is 12.3. The van der Waals surface area contributed by atoms with Gasteiger partial charge in [0.15, 0.2) is 0 Å². The standard InChI is InChI=1S/C17H15N3O2/c1-10-14-8-7-13(9-15(14)20(2)19-10)11-3-5-12(6-4-11)16(21)17(18)22/h3-9H,1-2H3,(H2,18,22). The summed E-state index contributed by atoms with van der Waals surface area (Å²) in [5.74, 6) is -1.62. The van der Waals surface area contributed by atoms with Crippen molar-refractivity contribution in [3.63, 3.8) is 0 Å². The number of primary amides is 1. The summed E-state index contributed by atoms with van der Waals surface area (Å²) >= 11 is 0. The number of hydrogen-bond acceptors (Lipinski definition) is 3. The fraction of sp³-hybridized carbons (Fsp3) is 0.118. The number of benzene rings is 2. The summed E-state index contributed by atoms with van der Waals surface area (Å²) in [6.45, 7) is 1.98. The molecule has 0 spiro atoms. The van der Waals surface area contributed by atoms with Crippen molar-refractivity contribution in [2.24, 2.45) is 12.8 Å². The quantitative estimate of drug-likeness (QED) is 0.594. The van der Waals surface area contributed by atoms with Crippen LogP contribution in [-0.2, 0) is 11.8 Å². The van der Waals surface area contributed by atoms with Gasteiger partial charge in [0.1, 0.15) is 0 Å². The topological polar surface area (TPSA) is 78.0 Å². The Morgan fingerprint density at radius 3 is 2.32 bits per heavy atom. The van der Waals surface area contributed by atoms with Crippen LogP contribution in [-0.4, -0.2) is 21.5 Å². The second-order valence-electron chi connectivity index (χ2n) is 5.21. The third-order valence-electron chi connectivity index (χ3n) is 3.74. The number of hydrogen-bond donors (Lipinski definition) is 1. The Morgan fingerprint density at radius 2 is 1.68 bits per heavy atom. The van der Waals surface area contributed by atoms with Gasteiger partial charge in [0.2, 0.25) is 5.78 Å². The minimum absolute atomic E-state index is 0.300. The minimum atomic E-state index is -0.945. The highest BCUT2D eigenvalue weighted by Gasteiger charge is 2.12. The van der Waals surface area contributed by atoms with E-state index in [1.807, 2.05) is 30.8 Å². The molecule has 0 saturated heterocycles. The molecule has 0 saturated carbocycles. The molecule has 0 fully saturated rings. The highest BCUT2D eigenvalue weighted by atomic mass is 16.2. The normalized spacial score (nSPS) is 10.8. The average molecular weight is 293 g/mol. The molecule has 0 radical (unpaired) electrons. The van der Waals surface area contributed by atoms with Crippen LogP contribution >= 0.6 is 0 Å². The van der Waals surface area contributed by atoms with Crippen molar-refractivity contribution in [1.82, 2.24) is 9.78 Å². The van der Waals surface area contributed by atoms with E-state index in [0.717, 1.165) is 27.7 Å². The van der Waals surface area contributed by atoms with Gasteiger partial charge in [-0.25, -0.2) is 0 Å². The van der Waals surface area contributed by atoms with Gasteiger partial charge in [-0.3, -0.25) is 14.3 Å². The monoisotopic (exact) mass is 293 g/mol. The number of ketones is 1. The molecular weight excluding hydrogens is 278 g/mol. The van der Waals surface area contributed by atoms with E-state index < -0.39 is 11.7 Å². The second kappa shape index (κ2) is 5.11. The number of Topliss-reactive ketones (excluding diaryl/α,β-unsaturated/α-hetero) is 1. The van der Waals surface area contributed by atoms with Gasteiger partial charge < -0.3 is 5.73 Å². The molecule has 3 rings (SSSR count). The molecule has 0 aliphatic rings. The summed E-state index contributed by atoms with van der Waals surface area (Å²) in [6, 6.07) is 12.9. The first kappa shape index (κ1) is 14.0. The lowest BCUT2D eigenvalue weighted by molar-refractivity contribution is -0.114. The van der Waals surface area contributed by atoms with Gasteiger partial charge in [-0.1, -0.05) is 36.4 Å². The molecule has 0 aliphatic heterocycles. The molecule has 1 heterocycles. The van der Waals surface area contributed by atoms with Gasteiger partial charge in [0, 0.05) is 18.0 Å². The van der Waals surface area contributed by atoms with Crippen molar-refractivity contribution in [3.8, 4) is 11.1 Å². The number of aromatic nitrogens is 2. The van der Waals surface area contributed by atoms with E-state index in [-0.39, 0.29) is 0 Å². The number of fused-ring (bicyclic) bond motifs is 1. The Hall–Kier alpha value is -2.95. The lowest BCUT2D eigenvalue weighted by atomic mass is 10.0. The number of aryl methyl sites for hydroxylation is 2. The Bertz CT molecular complexity index is 892. The molecule has 0 atom stereocenters. The zero-order valence-electron chi connectivity index (χ0n) is 12.3. The average Bonchev–Trinajstić information content (AvgIpc) is 2.81. The molecule has 22 heavy (non-hydrogen) atoms. The molecule has 0 bridgehead atoms. The van der Waals surface area contributed by atoms with Crippen LogP contribution in [0.5, 0.6) is 0 Å². The number of nitrogens with two attached hydrogens (primary N) is 1. The third-order valence-corrected chi connectivity index (χ3v) is 3.74. The van der Waals surface area contributed by atoms with Gasteiger partial charge in [0.05, 0.1) is 11.2 Å². The smallest absolute Gasteiger partial charge is 0.289 e. The predicted molar refractivity (Wildman–Crippen MR) is 84.4 cm³/mol. The van der Waals surface area contributed by atoms with Gasteiger partial charge in [-0.2, -0.15) is 5.10 Å². The zero-order chi connectivity index (χ0) is 15.9. The number of carbonyl (C=O) groups excluding carboxylic acids is 2. The van der Waals surface area contributed by atoms with E-state index in [0.29, 0.717) is 5.56 Å². The van der Waals surface area contributed by atoms with E-state index in [1.165, 1.54) is 0 Å². The molecule has 5 heteroatoms. The fourth-order valence-electron chi connectivity index (χ4n) is 2.57. The highest BCUT2D eigenvalue weighted by Crippen LogP contribution is 2.26. The first-order valence-electron chi connectivity index (χ1n) is 6.85. The lowest BCUT2D eigenvalue weighted by Crippen LogP contribution is -2.22. The number of amides is 1. The summed E-state index contributed by atoms with van der Waals surface area (Å²) in [4.78, 5) is 22.4. The number of nitrogens with zero attached hydrogens (tertiary/aromatic N) is 2. The summed E-state index contributed by atoms with van der Waals surface area (Å²) < 4.78 is 1.85. The Balaban J connectivity index is 2.02. The highest BCUT2D eigenvalue weighted by molar-refractivity contribution is 6.42. The SMILES string of the molecule is Cc1nn(C)c2cc(-c3ccc(C(=O)C(N)=O)cc3)ccc12. The Morgan fingerprint density at radius 1 is 1.05 bits per heavy atom. The predicted octanol–water partition coefficient (Wildman–Crippen LogP) is 2.22. The molecule has 2 N–H and O–H groups in total. The van der Waals surface area contributed by atoms with Crippen molar-refractivity contribution in [2.45, 2.75) is 6.92 Å². The summed E-state index contributed by atoms with van der Waals surface area (Å²) in [7, 11) is 1.91. The third kappa shape index (κ3) is 2.26. The first-order chi connectivity index (χ1) is 10.5. The summed E-state index contributed by atoms with van der Waals surface area (Å²) in [6.07, 6.45) is 0. The summed E-state index contributed by atoms with van der Waals surface area (Å²) in [5.41, 5.74) is 9.32. The van der Waals surface area contributed by atoms with Gasteiger partial charge in [-0.05, 0) is 24.1 Å². The minimum Gasteiger partial charge on any atom is -0.363 e. The van der Waals surface area contributed by atoms with Crippen LogP contribution in [0.3, 0.4) is 0 Å². The van der Waals surface area contributed by atoms with E-state index in [4.69, 9.17) is 5.73 Å². The van der Waals surface area contributed by atoms with Gasteiger partial charge in [0.25, 0.3) is 5.91 Å². The van der Waals surface area contributed by atoms with Crippen LogP contribution in [0.2, 0.25) is 0 Å². The van der Waals surface area contributed by atoms with E-state index in [2.05, 4.69) is 11.2 Å². The number of carbonyl (C=O) groups is 2. The van der Waals surface area contributed by atoms with Crippen LogP contribution in [0.15, 0.2) is 42.5 Å². The Labute approximate surface area is 127 Å². The fourth-order valence-corrected chi connectivity index (χ4v) is 2.57. The second-order valence-corrected chi connectivity index (χ2v) is 5.21. The molecule has 1 aromatic heterocycles. The molecule has 3 aromatic rings. The summed E-state index contributed by atoms with van der Waals surface area (Å²) in [5, 5.41) is 5.52. The van der Waals surface area contributed by atoms with Crippen molar-refractivity contribution in [3.05, 3.63) is 53.7 Å². The Kier molecular flexibility index (Phi) is 3.25. The largest absolute Gasteiger partial charge is 0.363 e. The molecule has 5 nitrogen and oxygen atoms in total. The maximum Gasteiger partial charge on any atom is 0.289 e. The van der Waals surface area contributed by atoms with Crippen molar-refractivity contribution < 1.29 is 9.59 Å². The van der Waals surface area contributed by atoms with Crippen LogP contribution in [0.1, 0.15) is 16.1 Å². The maximum atomic E-state index is 11.5. The molecular formula is C17H15N3O2. The maximum absolute atomic E-state index is 11.5. The van der Waals surface area contributed by atoms with Gasteiger partial charge >= 0.3 is 0 Å².